The van der Waals surface area contributed by atoms with Crippen molar-refractivity contribution in [2.75, 3.05) is 5.32 Å². The Labute approximate surface area is 122 Å². The van der Waals surface area contributed by atoms with Crippen LogP contribution in [-0.2, 0) is 6.54 Å². The first-order chi connectivity index (χ1) is 9.83. The van der Waals surface area contributed by atoms with Gasteiger partial charge in [0.05, 0.1) is 0 Å². The molecule has 0 atom stereocenters. The molecule has 0 unspecified atom stereocenters. The lowest BCUT2D eigenvalue weighted by Crippen LogP contribution is -2.00. The van der Waals surface area contributed by atoms with Gasteiger partial charge in [0.15, 0.2) is 0 Å². The quantitative estimate of drug-likeness (QED) is 0.724. The van der Waals surface area contributed by atoms with E-state index in [-0.39, 0.29) is 0 Å². The number of hydrogen-bond acceptors (Lipinski definition) is 3. The first kappa shape index (κ1) is 12.8. The van der Waals surface area contributed by atoms with Crippen molar-refractivity contribution in [3.8, 4) is 16.2 Å². The lowest BCUT2D eigenvalue weighted by atomic mass is 10.1. The zero-order valence-electron chi connectivity index (χ0n) is 10.9. The second-order valence-corrected chi connectivity index (χ2v) is 5.49. The van der Waals surface area contributed by atoms with Crippen LogP contribution in [0.3, 0.4) is 0 Å². The summed E-state index contributed by atoms with van der Waals surface area (Å²) >= 11 is 1.74. The van der Waals surface area contributed by atoms with Crippen LogP contribution in [0.4, 0.5) is 5.69 Å². The SMILES string of the molecule is Oc1ccc(CNc2ccccc2-c2cccs2)cc1. The van der Waals surface area contributed by atoms with E-state index in [2.05, 4.69) is 41.0 Å². The molecule has 2 N–H and O–H groups in total. The third-order valence-electron chi connectivity index (χ3n) is 3.13. The molecule has 0 fully saturated rings. The van der Waals surface area contributed by atoms with E-state index in [1.165, 1.54) is 10.4 Å². The molecule has 3 aromatic rings. The third-order valence-corrected chi connectivity index (χ3v) is 4.04. The average Bonchev–Trinajstić information content (AvgIpc) is 3.01. The van der Waals surface area contributed by atoms with Gasteiger partial charge < -0.3 is 10.4 Å². The van der Waals surface area contributed by atoms with Gasteiger partial charge in [-0.15, -0.1) is 11.3 Å². The molecule has 0 saturated carbocycles. The van der Waals surface area contributed by atoms with Crippen LogP contribution in [0.25, 0.3) is 10.4 Å². The molecule has 0 bridgehead atoms. The first-order valence-corrected chi connectivity index (χ1v) is 7.35. The summed E-state index contributed by atoms with van der Waals surface area (Å²) in [4.78, 5) is 1.26. The van der Waals surface area contributed by atoms with E-state index in [0.29, 0.717) is 5.75 Å². The van der Waals surface area contributed by atoms with Crippen molar-refractivity contribution in [3.05, 3.63) is 71.6 Å². The summed E-state index contributed by atoms with van der Waals surface area (Å²) in [5.41, 5.74) is 3.49. The lowest BCUT2D eigenvalue weighted by Gasteiger charge is -2.11. The minimum absolute atomic E-state index is 0.299. The second kappa shape index (κ2) is 5.80. The van der Waals surface area contributed by atoms with Crippen molar-refractivity contribution in [1.82, 2.24) is 0 Å². The first-order valence-electron chi connectivity index (χ1n) is 6.47. The van der Waals surface area contributed by atoms with Crippen LogP contribution in [0.15, 0.2) is 66.0 Å². The average molecular weight is 281 g/mol. The molecule has 20 heavy (non-hydrogen) atoms. The Hall–Kier alpha value is -2.26. The predicted molar refractivity (Wildman–Crippen MR) is 85.2 cm³/mol. The summed E-state index contributed by atoms with van der Waals surface area (Å²) in [7, 11) is 0. The molecule has 0 aliphatic heterocycles. The van der Waals surface area contributed by atoms with Crippen LogP contribution in [0, 0.1) is 0 Å². The fraction of sp³-hybridized carbons (Fsp3) is 0.0588. The number of benzene rings is 2. The van der Waals surface area contributed by atoms with Crippen LogP contribution in [-0.4, -0.2) is 5.11 Å². The molecule has 3 heteroatoms. The predicted octanol–water partition coefficient (Wildman–Crippen LogP) is 4.73. The molecular weight excluding hydrogens is 266 g/mol. The smallest absolute Gasteiger partial charge is 0.115 e. The number of phenolic OH excluding ortho intramolecular Hbond substituents is 1. The maximum absolute atomic E-state index is 9.29. The summed E-state index contributed by atoms with van der Waals surface area (Å²) in [6.07, 6.45) is 0. The van der Waals surface area contributed by atoms with Gasteiger partial charge in [-0.3, -0.25) is 0 Å². The van der Waals surface area contributed by atoms with Gasteiger partial charge in [-0.05, 0) is 35.2 Å². The Morgan fingerprint density at radius 2 is 1.70 bits per heavy atom. The molecule has 0 spiro atoms. The highest BCUT2D eigenvalue weighted by molar-refractivity contribution is 7.13. The van der Waals surface area contributed by atoms with Gasteiger partial charge in [-0.25, -0.2) is 0 Å². The number of thiophene rings is 1. The Morgan fingerprint density at radius 1 is 0.900 bits per heavy atom. The van der Waals surface area contributed by atoms with Gasteiger partial charge in [-0.2, -0.15) is 0 Å². The van der Waals surface area contributed by atoms with Gasteiger partial charge in [-0.1, -0.05) is 36.4 Å². The number of aromatic hydroxyl groups is 1. The molecular formula is C17H15NOS. The molecule has 1 aromatic heterocycles. The standard InChI is InChI=1S/C17H15NOS/c19-14-9-7-13(8-10-14)12-18-16-5-2-1-4-15(16)17-6-3-11-20-17/h1-11,18-19H,12H2. The van der Waals surface area contributed by atoms with E-state index < -0.39 is 0 Å². The van der Waals surface area contributed by atoms with Gasteiger partial charge in [0.2, 0.25) is 0 Å². The molecule has 100 valence electrons. The maximum Gasteiger partial charge on any atom is 0.115 e. The Balaban J connectivity index is 1.79. The Bertz CT molecular complexity index is 674. The van der Waals surface area contributed by atoms with Gasteiger partial charge in [0.25, 0.3) is 0 Å². The van der Waals surface area contributed by atoms with Crippen molar-refractivity contribution in [2.24, 2.45) is 0 Å². The number of rotatable bonds is 4. The van der Waals surface area contributed by atoms with Crippen LogP contribution >= 0.6 is 11.3 Å². The summed E-state index contributed by atoms with van der Waals surface area (Å²) < 4.78 is 0. The Kier molecular flexibility index (Phi) is 3.70. The number of phenols is 1. The molecule has 0 saturated heterocycles. The molecule has 1 heterocycles. The van der Waals surface area contributed by atoms with E-state index in [9.17, 15) is 5.11 Å². The minimum atomic E-state index is 0.299. The molecule has 0 aliphatic rings. The molecule has 0 radical (unpaired) electrons. The van der Waals surface area contributed by atoms with Crippen molar-refractivity contribution < 1.29 is 5.11 Å². The van der Waals surface area contributed by atoms with Crippen molar-refractivity contribution in [1.29, 1.82) is 0 Å². The van der Waals surface area contributed by atoms with Gasteiger partial charge in [0, 0.05) is 22.7 Å². The van der Waals surface area contributed by atoms with Crippen molar-refractivity contribution in [3.63, 3.8) is 0 Å². The molecule has 0 aliphatic carbocycles. The summed E-state index contributed by atoms with van der Waals surface area (Å²) in [5.74, 6) is 0.299. The normalized spacial score (nSPS) is 10.4. The fourth-order valence-electron chi connectivity index (χ4n) is 2.10. The molecule has 0 amide bonds. The highest BCUT2D eigenvalue weighted by atomic mass is 32.1. The van der Waals surface area contributed by atoms with Crippen LogP contribution in [0.5, 0.6) is 5.75 Å². The zero-order valence-corrected chi connectivity index (χ0v) is 11.7. The summed E-state index contributed by atoms with van der Waals surface area (Å²) in [6.45, 7) is 0.739. The second-order valence-electron chi connectivity index (χ2n) is 4.54. The molecule has 3 rings (SSSR count). The number of nitrogens with one attached hydrogen (secondary N) is 1. The largest absolute Gasteiger partial charge is 0.508 e. The van der Waals surface area contributed by atoms with Crippen LogP contribution in [0.2, 0.25) is 0 Å². The number of para-hydroxylation sites is 1. The lowest BCUT2D eigenvalue weighted by molar-refractivity contribution is 0.475. The van der Waals surface area contributed by atoms with Crippen molar-refractivity contribution >= 4 is 17.0 Å². The van der Waals surface area contributed by atoms with Crippen LogP contribution in [0.1, 0.15) is 5.56 Å². The minimum Gasteiger partial charge on any atom is -0.508 e. The Morgan fingerprint density at radius 3 is 2.45 bits per heavy atom. The van der Waals surface area contributed by atoms with E-state index in [1.807, 2.05) is 18.2 Å². The highest BCUT2D eigenvalue weighted by Gasteiger charge is 2.05. The number of anilines is 1. The fourth-order valence-corrected chi connectivity index (χ4v) is 2.86. The van der Waals surface area contributed by atoms with E-state index >= 15 is 0 Å². The zero-order chi connectivity index (χ0) is 13.8. The maximum atomic E-state index is 9.29. The van der Waals surface area contributed by atoms with E-state index in [0.717, 1.165) is 17.8 Å². The summed E-state index contributed by atoms with van der Waals surface area (Å²) in [6, 6.07) is 19.8. The third kappa shape index (κ3) is 2.83. The van der Waals surface area contributed by atoms with E-state index in [1.54, 1.807) is 23.5 Å². The highest BCUT2D eigenvalue weighted by Crippen LogP contribution is 2.31. The van der Waals surface area contributed by atoms with Gasteiger partial charge in [0.1, 0.15) is 5.75 Å². The number of hydrogen-bond donors (Lipinski definition) is 2. The van der Waals surface area contributed by atoms with Gasteiger partial charge >= 0.3 is 0 Å². The molecule has 2 aromatic carbocycles. The topological polar surface area (TPSA) is 32.3 Å². The van der Waals surface area contributed by atoms with E-state index in [4.69, 9.17) is 0 Å². The van der Waals surface area contributed by atoms with Crippen LogP contribution < -0.4 is 5.32 Å². The molecule has 2 nitrogen and oxygen atoms in total. The monoisotopic (exact) mass is 281 g/mol. The van der Waals surface area contributed by atoms with Crippen molar-refractivity contribution in [2.45, 2.75) is 6.54 Å². The summed E-state index contributed by atoms with van der Waals surface area (Å²) in [5, 5.41) is 14.8.